The van der Waals surface area contributed by atoms with Crippen LogP contribution in [0.5, 0.6) is 0 Å². The summed E-state index contributed by atoms with van der Waals surface area (Å²) in [5.41, 5.74) is 3.50. The van der Waals surface area contributed by atoms with Crippen molar-refractivity contribution >= 4 is 5.69 Å². The van der Waals surface area contributed by atoms with Crippen molar-refractivity contribution in [3.05, 3.63) is 99.6 Å². The normalized spacial score (nSPS) is 14.8. The van der Waals surface area contributed by atoms with Crippen molar-refractivity contribution in [2.45, 2.75) is 57.8 Å². The summed E-state index contributed by atoms with van der Waals surface area (Å²) in [6.07, 6.45) is 8.24. The summed E-state index contributed by atoms with van der Waals surface area (Å²) in [7, 11) is 0. The summed E-state index contributed by atoms with van der Waals surface area (Å²) in [6, 6.07) is 18.3. The molecule has 0 N–H and O–H groups in total. The fraction of sp³-hybridized carbons (Fsp3) is 0.360. The van der Waals surface area contributed by atoms with Gasteiger partial charge in [-0.15, -0.1) is 0 Å². The van der Waals surface area contributed by atoms with Gasteiger partial charge < -0.3 is 4.57 Å². The molecular weight excluding hydrogens is 393 g/mol. The summed E-state index contributed by atoms with van der Waals surface area (Å²) in [6.45, 7) is 2.29. The summed E-state index contributed by atoms with van der Waals surface area (Å²) in [5.74, 6) is -0.219. The molecule has 1 aromatic heterocycles. The highest BCUT2D eigenvalue weighted by Gasteiger charge is 2.22. The topological polar surface area (TPSA) is 51.3 Å². The highest BCUT2D eigenvalue weighted by molar-refractivity contribution is 5.33. The molecule has 0 unspecified atom stereocenters. The van der Waals surface area contributed by atoms with Crippen molar-refractivity contribution in [3.63, 3.8) is 0 Å². The molecule has 1 saturated carbocycles. The van der Waals surface area contributed by atoms with E-state index in [0.717, 1.165) is 24.2 Å². The van der Waals surface area contributed by atoms with Gasteiger partial charge in [-0.1, -0.05) is 43.5 Å². The minimum atomic E-state index is -0.356. The average molecular weight is 422 g/mol. The van der Waals surface area contributed by atoms with Crippen molar-refractivity contribution < 1.29 is 9.31 Å². The van der Waals surface area contributed by atoms with Crippen LogP contribution < -0.4 is 0 Å². The second-order valence-corrected chi connectivity index (χ2v) is 8.37. The number of non-ortho nitro benzene ring substituents is 1. The number of nitro groups is 1. The van der Waals surface area contributed by atoms with E-state index in [1.54, 1.807) is 12.1 Å². The highest BCUT2D eigenvalue weighted by atomic mass is 19.1. The maximum absolute atomic E-state index is 13.2. The van der Waals surface area contributed by atoms with Crippen LogP contribution in [0.1, 0.15) is 48.9 Å². The minimum Gasteiger partial charge on any atom is -0.346 e. The fourth-order valence-electron chi connectivity index (χ4n) is 4.46. The highest BCUT2D eigenvalue weighted by Crippen LogP contribution is 2.26. The number of hydrogen-bond donors (Lipinski definition) is 0. The van der Waals surface area contributed by atoms with Gasteiger partial charge in [-0.25, -0.2) is 4.39 Å². The number of nitro benzene ring substituents is 1. The zero-order chi connectivity index (χ0) is 21.6. The van der Waals surface area contributed by atoms with E-state index in [2.05, 4.69) is 27.8 Å². The van der Waals surface area contributed by atoms with Crippen LogP contribution in [0.15, 0.2) is 66.9 Å². The number of benzene rings is 2. The zero-order valence-electron chi connectivity index (χ0n) is 17.6. The van der Waals surface area contributed by atoms with Crippen molar-refractivity contribution in [1.29, 1.82) is 0 Å². The Morgan fingerprint density at radius 3 is 2.29 bits per heavy atom. The third kappa shape index (κ3) is 5.58. The van der Waals surface area contributed by atoms with E-state index < -0.39 is 0 Å². The van der Waals surface area contributed by atoms with E-state index in [9.17, 15) is 14.5 Å². The molecule has 1 aliphatic rings. The van der Waals surface area contributed by atoms with Crippen LogP contribution in [0.4, 0.5) is 10.1 Å². The Balaban J connectivity index is 1.51. The molecule has 5 nitrogen and oxygen atoms in total. The van der Waals surface area contributed by atoms with E-state index in [4.69, 9.17) is 0 Å². The fourth-order valence-corrected chi connectivity index (χ4v) is 4.46. The van der Waals surface area contributed by atoms with E-state index in [-0.39, 0.29) is 16.4 Å². The molecule has 0 atom stereocenters. The maximum Gasteiger partial charge on any atom is 0.269 e. The molecule has 0 saturated heterocycles. The monoisotopic (exact) mass is 421 g/mol. The van der Waals surface area contributed by atoms with E-state index in [1.165, 1.54) is 49.9 Å². The van der Waals surface area contributed by atoms with Crippen molar-refractivity contribution in [2.75, 3.05) is 0 Å². The Bertz CT molecular complexity index is 992. The van der Waals surface area contributed by atoms with Crippen LogP contribution in [-0.2, 0) is 19.6 Å². The molecule has 0 bridgehead atoms. The van der Waals surface area contributed by atoms with Gasteiger partial charge in [0, 0.05) is 49.7 Å². The van der Waals surface area contributed by atoms with Crippen LogP contribution in [0, 0.1) is 15.9 Å². The van der Waals surface area contributed by atoms with Gasteiger partial charge >= 0.3 is 0 Å². The smallest absolute Gasteiger partial charge is 0.269 e. The predicted octanol–water partition coefficient (Wildman–Crippen LogP) is 5.92. The largest absolute Gasteiger partial charge is 0.346 e. The summed E-state index contributed by atoms with van der Waals surface area (Å²) >= 11 is 0. The summed E-state index contributed by atoms with van der Waals surface area (Å²) in [5, 5.41) is 11.0. The Kier molecular flexibility index (Phi) is 6.77. The number of rotatable bonds is 8. The molecule has 4 rings (SSSR count). The van der Waals surface area contributed by atoms with Gasteiger partial charge in [0.2, 0.25) is 0 Å². The van der Waals surface area contributed by atoms with Gasteiger partial charge in [0.1, 0.15) is 5.82 Å². The zero-order valence-corrected chi connectivity index (χ0v) is 17.6. The van der Waals surface area contributed by atoms with Gasteiger partial charge in [-0.3, -0.25) is 15.0 Å². The number of nitrogens with zero attached hydrogens (tertiary/aromatic N) is 3. The lowest BCUT2D eigenvalue weighted by Crippen LogP contribution is -2.36. The van der Waals surface area contributed by atoms with Gasteiger partial charge in [-0.05, 0) is 48.2 Å². The summed E-state index contributed by atoms with van der Waals surface area (Å²) < 4.78 is 15.5. The van der Waals surface area contributed by atoms with E-state index in [0.29, 0.717) is 12.6 Å². The number of aromatic nitrogens is 1. The first-order chi connectivity index (χ1) is 15.1. The molecule has 0 aliphatic heterocycles. The lowest BCUT2D eigenvalue weighted by atomic mass is 9.93. The SMILES string of the molecule is O=[N+]([O-])c1ccc(CN(Cc2cccn2Cc2ccc(F)cc2)C2CCCCC2)cc1. The molecule has 0 amide bonds. The second kappa shape index (κ2) is 9.88. The Morgan fingerprint density at radius 1 is 0.935 bits per heavy atom. The lowest BCUT2D eigenvalue weighted by molar-refractivity contribution is -0.384. The first-order valence-corrected chi connectivity index (χ1v) is 10.9. The van der Waals surface area contributed by atoms with Crippen LogP contribution in [0.25, 0.3) is 0 Å². The van der Waals surface area contributed by atoms with Crippen molar-refractivity contribution in [1.82, 2.24) is 9.47 Å². The first-order valence-electron chi connectivity index (χ1n) is 10.9. The minimum absolute atomic E-state index is 0.126. The molecular formula is C25H28FN3O2. The molecule has 0 radical (unpaired) electrons. The lowest BCUT2D eigenvalue weighted by Gasteiger charge is -2.34. The average Bonchev–Trinajstić information content (AvgIpc) is 3.22. The van der Waals surface area contributed by atoms with Crippen LogP contribution in [-0.4, -0.2) is 20.4 Å². The summed E-state index contributed by atoms with van der Waals surface area (Å²) in [4.78, 5) is 13.1. The quantitative estimate of drug-likeness (QED) is 0.335. The second-order valence-electron chi connectivity index (χ2n) is 8.37. The van der Waals surface area contributed by atoms with Crippen LogP contribution in [0.3, 0.4) is 0 Å². The predicted molar refractivity (Wildman–Crippen MR) is 119 cm³/mol. The first kappa shape index (κ1) is 21.2. The molecule has 3 aromatic rings. The number of halogens is 1. The van der Waals surface area contributed by atoms with Crippen molar-refractivity contribution in [3.8, 4) is 0 Å². The molecule has 6 heteroatoms. The number of hydrogen-bond acceptors (Lipinski definition) is 3. The van der Waals surface area contributed by atoms with Gasteiger partial charge in [0.25, 0.3) is 5.69 Å². The van der Waals surface area contributed by atoms with Crippen molar-refractivity contribution in [2.24, 2.45) is 0 Å². The van der Waals surface area contributed by atoms with Gasteiger partial charge in [0.05, 0.1) is 4.92 Å². The van der Waals surface area contributed by atoms with E-state index in [1.807, 2.05) is 24.3 Å². The molecule has 31 heavy (non-hydrogen) atoms. The molecule has 1 heterocycles. The maximum atomic E-state index is 13.2. The molecule has 1 aliphatic carbocycles. The van der Waals surface area contributed by atoms with Crippen LogP contribution in [0.2, 0.25) is 0 Å². The molecule has 0 spiro atoms. The standard InChI is InChI=1S/C25H28FN3O2/c26-22-12-8-20(9-13-22)17-27-16-4-7-25(27)19-28(23-5-2-1-3-6-23)18-21-10-14-24(15-11-21)29(30)31/h4,7-16,23H,1-3,5-6,17-19H2. The third-order valence-electron chi connectivity index (χ3n) is 6.18. The molecule has 1 fully saturated rings. The van der Waals surface area contributed by atoms with E-state index >= 15 is 0 Å². The molecule has 162 valence electrons. The Hall–Kier alpha value is -2.99. The van der Waals surface area contributed by atoms with Gasteiger partial charge in [-0.2, -0.15) is 0 Å². The van der Waals surface area contributed by atoms with Crippen LogP contribution >= 0.6 is 0 Å². The third-order valence-corrected chi connectivity index (χ3v) is 6.18. The van der Waals surface area contributed by atoms with Gasteiger partial charge in [0.15, 0.2) is 0 Å². The Morgan fingerprint density at radius 2 is 1.61 bits per heavy atom. The molecule has 2 aromatic carbocycles. The Labute approximate surface area is 182 Å².